The number of hydrogen-bond donors (Lipinski definition) is 1. The molecule has 38 heavy (non-hydrogen) atoms. The van der Waals surface area contributed by atoms with Crippen LogP contribution in [-0.4, -0.2) is 35.5 Å². The molecule has 1 atom stereocenters. The van der Waals surface area contributed by atoms with Gasteiger partial charge in [-0.05, 0) is 108 Å². The number of nitrogens with zero attached hydrogens (tertiary/aromatic N) is 2. The quantitative estimate of drug-likeness (QED) is 0.283. The Hall–Kier alpha value is -2.64. The SMILES string of the molecule is CCOC(=O)C1=C(C)N=c2s/c(=C\c3cc(Br)c(O)c(I)c3)c(=O)n2[C@@H]1c1ccc(OC(C)C)c(OC)c1. The van der Waals surface area contributed by atoms with E-state index < -0.39 is 12.0 Å². The second-order valence-electron chi connectivity index (χ2n) is 8.71. The molecule has 1 aliphatic heterocycles. The second-order valence-corrected chi connectivity index (χ2v) is 11.7. The summed E-state index contributed by atoms with van der Waals surface area (Å²) in [7, 11) is 1.54. The maximum absolute atomic E-state index is 13.8. The van der Waals surface area contributed by atoms with Crippen LogP contribution < -0.4 is 24.4 Å². The van der Waals surface area contributed by atoms with Gasteiger partial charge < -0.3 is 19.3 Å². The molecule has 2 aromatic carbocycles. The van der Waals surface area contributed by atoms with Crippen LogP contribution in [0, 0.1) is 3.57 Å². The Bertz CT molecular complexity index is 1600. The average molecular weight is 713 g/mol. The number of aromatic hydroxyl groups is 1. The first-order chi connectivity index (χ1) is 18.0. The third-order valence-corrected chi connectivity index (χ3v) is 8.13. The Morgan fingerprint density at radius 2 is 2.03 bits per heavy atom. The molecule has 2 heterocycles. The molecular formula is C27H26BrIN2O6S. The first-order valence-corrected chi connectivity index (χ1v) is 14.5. The summed E-state index contributed by atoms with van der Waals surface area (Å²) in [5.41, 5.74) is 1.86. The first kappa shape index (κ1) is 28.4. The predicted molar refractivity (Wildman–Crippen MR) is 158 cm³/mol. The van der Waals surface area contributed by atoms with Gasteiger partial charge in [0.1, 0.15) is 5.75 Å². The van der Waals surface area contributed by atoms with Crippen LogP contribution in [0.4, 0.5) is 0 Å². The summed E-state index contributed by atoms with van der Waals surface area (Å²) in [5, 5.41) is 10.1. The number of fused-ring (bicyclic) bond motifs is 1. The summed E-state index contributed by atoms with van der Waals surface area (Å²) in [6.45, 7) is 7.50. The van der Waals surface area contributed by atoms with Crippen molar-refractivity contribution in [2.75, 3.05) is 13.7 Å². The number of benzene rings is 2. The van der Waals surface area contributed by atoms with E-state index in [9.17, 15) is 14.7 Å². The van der Waals surface area contributed by atoms with Crippen LogP contribution in [0.3, 0.4) is 0 Å². The van der Waals surface area contributed by atoms with Crippen LogP contribution in [0.1, 0.15) is 44.9 Å². The molecule has 3 aromatic rings. The Kier molecular flexibility index (Phi) is 8.68. The fraction of sp³-hybridized carbons (Fsp3) is 0.296. The van der Waals surface area contributed by atoms with E-state index in [1.54, 1.807) is 51.3 Å². The van der Waals surface area contributed by atoms with Gasteiger partial charge in [-0.2, -0.15) is 0 Å². The van der Waals surface area contributed by atoms with E-state index in [0.29, 0.717) is 40.1 Å². The maximum atomic E-state index is 13.8. The normalized spacial score (nSPS) is 15.4. The molecule has 0 saturated carbocycles. The molecule has 1 aromatic heterocycles. The molecule has 11 heteroatoms. The molecule has 0 fully saturated rings. The van der Waals surface area contributed by atoms with Gasteiger partial charge >= 0.3 is 5.97 Å². The van der Waals surface area contributed by atoms with Crippen molar-refractivity contribution in [3.8, 4) is 17.2 Å². The van der Waals surface area contributed by atoms with Gasteiger partial charge in [-0.15, -0.1) is 0 Å². The molecule has 200 valence electrons. The molecule has 1 aliphatic rings. The lowest BCUT2D eigenvalue weighted by Crippen LogP contribution is -2.40. The lowest BCUT2D eigenvalue weighted by Gasteiger charge is -2.25. The fourth-order valence-electron chi connectivity index (χ4n) is 4.13. The Labute approximate surface area is 245 Å². The highest BCUT2D eigenvalue weighted by molar-refractivity contribution is 14.1. The van der Waals surface area contributed by atoms with E-state index in [1.165, 1.54) is 15.9 Å². The highest BCUT2D eigenvalue weighted by atomic mass is 127. The minimum absolute atomic E-state index is 0.0624. The monoisotopic (exact) mass is 712 g/mol. The number of phenols is 1. The average Bonchev–Trinajstić information content (AvgIpc) is 3.15. The number of aromatic nitrogens is 1. The van der Waals surface area contributed by atoms with Crippen molar-refractivity contribution in [1.82, 2.24) is 4.57 Å². The van der Waals surface area contributed by atoms with Crippen LogP contribution in [-0.2, 0) is 9.53 Å². The summed E-state index contributed by atoms with van der Waals surface area (Å²) in [5.74, 6) is 0.647. The molecule has 0 bridgehead atoms. The van der Waals surface area contributed by atoms with E-state index in [1.807, 2.05) is 42.5 Å². The maximum Gasteiger partial charge on any atom is 0.338 e. The third-order valence-electron chi connectivity index (χ3n) is 5.72. The lowest BCUT2D eigenvalue weighted by molar-refractivity contribution is -0.139. The van der Waals surface area contributed by atoms with Gasteiger partial charge in [0.05, 0.1) is 49.7 Å². The number of carbonyl (C=O) groups excluding carboxylic acids is 1. The van der Waals surface area contributed by atoms with Crippen LogP contribution >= 0.6 is 49.9 Å². The number of methoxy groups -OCH3 is 1. The Morgan fingerprint density at radius 3 is 2.66 bits per heavy atom. The molecule has 0 unspecified atom stereocenters. The number of halogens is 2. The largest absolute Gasteiger partial charge is 0.506 e. The molecule has 0 aliphatic carbocycles. The standard InChI is InChI=1S/C27H26BrIN2O6S/c1-6-36-26(34)22-14(4)30-27-31(23(22)16-7-8-19(37-13(2)3)20(12-16)35-5)25(33)21(38-27)11-15-9-17(28)24(32)18(29)10-15/h7-13,23,32H,6H2,1-5H3/b21-11-/t23-/m1/s1. The number of hydrogen-bond acceptors (Lipinski definition) is 8. The summed E-state index contributed by atoms with van der Waals surface area (Å²) in [6.07, 6.45) is 1.68. The summed E-state index contributed by atoms with van der Waals surface area (Å²) in [6, 6.07) is 8.11. The van der Waals surface area contributed by atoms with Crippen LogP contribution in [0.5, 0.6) is 17.2 Å². The topological polar surface area (TPSA) is 99.4 Å². The van der Waals surface area contributed by atoms with E-state index >= 15 is 0 Å². The van der Waals surface area contributed by atoms with Crippen LogP contribution in [0.25, 0.3) is 6.08 Å². The van der Waals surface area contributed by atoms with Crippen LogP contribution in [0.2, 0.25) is 0 Å². The molecule has 4 rings (SSSR count). The van der Waals surface area contributed by atoms with Crippen molar-refractivity contribution in [2.45, 2.75) is 39.8 Å². The number of thiazole rings is 1. The Balaban J connectivity index is 1.95. The minimum Gasteiger partial charge on any atom is -0.506 e. The van der Waals surface area contributed by atoms with Crippen molar-refractivity contribution in [3.63, 3.8) is 0 Å². The minimum atomic E-state index is -0.777. The van der Waals surface area contributed by atoms with Gasteiger partial charge in [0, 0.05) is 0 Å². The fourth-order valence-corrected chi connectivity index (χ4v) is 6.68. The van der Waals surface area contributed by atoms with Gasteiger partial charge in [-0.1, -0.05) is 17.4 Å². The summed E-state index contributed by atoms with van der Waals surface area (Å²) < 4.78 is 19.9. The van der Waals surface area contributed by atoms with E-state index in [2.05, 4.69) is 20.9 Å². The zero-order chi connectivity index (χ0) is 27.7. The van der Waals surface area contributed by atoms with E-state index in [4.69, 9.17) is 14.2 Å². The van der Waals surface area contributed by atoms with Gasteiger partial charge in [0.2, 0.25) is 0 Å². The van der Waals surface area contributed by atoms with Gasteiger partial charge in [-0.25, -0.2) is 9.79 Å². The molecule has 0 spiro atoms. The molecule has 0 amide bonds. The smallest absolute Gasteiger partial charge is 0.338 e. The van der Waals surface area contributed by atoms with Gasteiger partial charge in [0.25, 0.3) is 5.56 Å². The molecule has 0 saturated heterocycles. The number of phenolic OH excluding ortho intramolecular Hbond substituents is 1. The lowest BCUT2D eigenvalue weighted by atomic mass is 9.95. The summed E-state index contributed by atoms with van der Waals surface area (Å²) in [4.78, 5) is 32.0. The van der Waals surface area contributed by atoms with E-state index in [-0.39, 0.29) is 29.6 Å². The van der Waals surface area contributed by atoms with E-state index in [0.717, 1.165) is 5.56 Å². The van der Waals surface area contributed by atoms with Crippen molar-refractivity contribution < 1.29 is 24.1 Å². The number of esters is 1. The second kappa shape index (κ2) is 11.6. The molecule has 0 radical (unpaired) electrons. The number of ether oxygens (including phenoxy) is 3. The van der Waals surface area contributed by atoms with Crippen molar-refractivity contribution in [3.05, 3.63) is 80.5 Å². The number of carbonyl (C=O) groups is 1. The van der Waals surface area contributed by atoms with Gasteiger partial charge in [-0.3, -0.25) is 9.36 Å². The third kappa shape index (κ3) is 5.55. The van der Waals surface area contributed by atoms with Gasteiger partial charge in [0.15, 0.2) is 16.3 Å². The predicted octanol–water partition coefficient (Wildman–Crippen LogP) is 4.67. The van der Waals surface area contributed by atoms with Crippen molar-refractivity contribution >= 4 is 61.9 Å². The van der Waals surface area contributed by atoms with Crippen molar-refractivity contribution in [1.29, 1.82) is 0 Å². The first-order valence-electron chi connectivity index (χ1n) is 11.8. The van der Waals surface area contributed by atoms with Crippen molar-refractivity contribution in [2.24, 2.45) is 4.99 Å². The summed E-state index contributed by atoms with van der Waals surface area (Å²) >= 11 is 6.61. The zero-order valence-electron chi connectivity index (χ0n) is 21.4. The number of allylic oxidation sites excluding steroid dienone is 1. The molecular weight excluding hydrogens is 687 g/mol. The molecule has 8 nitrogen and oxygen atoms in total. The highest BCUT2D eigenvalue weighted by Gasteiger charge is 2.34. The van der Waals surface area contributed by atoms with Crippen LogP contribution in [0.15, 0.2) is 55.9 Å². The number of rotatable bonds is 7. The Morgan fingerprint density at radius 1 is 1.29 bits per heavy atom. The highest BCUT2D eigenvalue weighted by Crippen LogP contribution is 2.36. The zero-order valence-corrected chi connectivity index (χ0v) is 25.9. The molecule has 1 N–H and O–H groups in total.